The molecule has 12 heavy (non-hydrogen) atoms. The van der Waals surface area contributed by atoms with E-state index in [2.05, 4.69) is 47.9 Å². The van der Waals surface area contributed by atoms with Gasteiger partial charge in [-0.1, -0.05) is 0 Å². The maximum atomic E-state index is 4.18. The first-order chi connectivity index (χ1) is 5.54. The van der Waals surface area contributed by atoms with Gasteiger partial charge in [0.2, 0.25) is 0 Å². The number of benzene rings is 1. The molecule has 0 heterocycles. The van der Waals surface area contributed by atoms with E-state index in [9.17, 15) is 0 Å². The first-order valence-electron chi connectivity index (χ1n) is 4.02. The first-order valence-corrected chi connectivity index (χ1v) is 5.12. The van der Waals surface area contributed by atoms with Crippen molar-refractivity contribution in [3.63, 3.8) is 0 Å². The molecule has 2 heteroatoms. The van der Waals surface area contributed by atoms with Crippen LogP contribution in [0.5, 0.6) is 0 Å². The van der Waals surface area contributed by atoms with Gasteiger partial charge in [-0.3, -0.25) is 0 Å². The Bertz CT molecular complexity index is 269. The van der Waals surface area contributed by atoms with Gasteiger partial charge < -0.3 is 0 Å². The molecule has 0 saturated carbocycles. The predicted molar refractivity (Wildman–Crippen MR) is 47.2 cm³/mol. The summed E-state index contributed by atoms with van der Waals surface area (Å²) in [6, 6.07) is 8.47. The second-order valence-corrected chi connectivity index (χ2v) is 4.46. The van der Waals surface area contributed by atoms with Crippen LogP contribution in [0.25, 0.3) is 0 Å². The summed E-state index contributed by atoms with van der Waals surface area (Å²) in [6.07, 6.45) is 0. The summed E-state index contributed by atoms with van der Waals surface area (Å²) >= 11 is 1.21. The van der Waals surface area contributed by atoms with Crippen molar-refractivity contribution in [1.82, 2.24) is 0 Å². The van der Waals surface area contributed by atoms with Crippen molar-refractivity contribution in [2.45, 2.75) is 26.2 Å². The van der Waals surface area contributed by atoms with Gasteiger partial charge in [0, 0.05) is 0 Å². The van der Waals surface area contributed by atoms with Crippen molar-refractivity contribution in [3.8, 4) is 0 Å². The molecule has 0 N–H and O–H groups in total. The maximum absolute atomic E-state index is 4.18. The van der Waals surface area contributed by atoms with Crippen LogP contribution in [0.4, 0.5) is 5.69 Å². The van der Waals surface area contributed by atoms with E-state index in [4.69, 9.17) is 0 Å². The Morgan fingerprint density at radius 2 is 1.58 bits per heavy atom. The molecular formula is C10H13NZr. The van der Waals surface area contributed by atoms with Gasteiger partial charge in [0.25, 0.3) is 0 Å². The molecule has 0 unspecified atom stereocenters. The number of hydrogen-bond acceptors (Lipinski definition) is 1. The molecule has 0 aliphatic heterocycles. The Morgan fingerprint density at radius 3 is 1.92 bits per heavy atom. The van der Waals surface area contributed by atoms with Crippen molar-refractivity contribution >= 4 is 5.69 Å². The van der Waals surface area contributed by atoms with Crippen LogP contribution in [0.1, 0.15) is 26.3 Å². The Hall–Kier alpha value is -0.0969. The zero-order valence-electron chi connectivity index (χ0n) is 7.76. The van der Waals surface area contributed by atoms with E-state index in [1.165, 1.54) is 30.1 Å². The fraction of sp³-hybridized carbons (Fsp3) is 0.400. The zero-order valence-corrected chi connectivity index (χ0v) is 10.2. The van der Waals surface area contributed by atoms with Gasteiger partial charge in [0.05, 0.1) is 0 Å². The van der Waals surface area contributed by atoms with Crippen LogP contribution in [-0.4, -0.2) is 0 Å². The molecule has 1 rings (SSSR count). The van der Waals surface area contributed by atoms with Gasteiger partial charge >= 0.3 is 89.1 Å². The van der Waals surface area contributed by atoms with Crippen LogP contribution in [0.3, 0.4) is 0 Å². The number of hydrogen-bond donors (Lipinski definition) is 0. The van der Waals surface area contributed by atoms with Crippen molar-refractivity contribution in [2.24, 2.45) is 2.87 Å². The zero-order chi connectivity index (χ0) is 9.19. The number of nitrogens with zero attached hydrogens (tertiary/aromatic N) is 1. The van der Waals surface area contributed by atoms with Crippen molar-refractivity contribution in [2.75, 3.05) is 0 Å². The SMILES string of the molecule is CC(C)(C)c1ccc([N]=[Zr])cc1. The summed E-state index contributed by atoms with van der Waals surface area (Å²) in [5.41, 5.74) is 2.70. The third-order valence-corrected chi connectivity index (χ3v) is 2.50. The van der Waals surface area contributed by atoms with Crippen LogP contribution in [-0.2, 0) is 30.0 Å². The Kier molecular flexibility index (Phi) is 3.11. The molecule has 1 aromatic rings. The van der Waals surface area contributed by atoms with Crippen LogP contribution < -0.4 is 0 Å². The topological polar surface area (TPSA) is 12.4 Å². The summed E-state index contributed by atoms with van der Waals surface area (Å²) in [6.45, 7) is 6.66. The molecule has 0 aliphatic carbocycles. The molecule has 0 saturated heterocycles. The fourth-order valence-electron chi connectivity index (χ4n) is 1.04. The Morgan fingerprint density at radius 1 is 1.08 bits per heavy atom. The van der Waals surface area contributed by atoms with E-state index in [-0.39, 0.29) is 5.41 Å². The molecule has 0 amide bonds. The van der Waals surface area contributed by atoms with Gasteiger partial charge in [-0.25, -0.2) is 0 Å². The third kappa shape index (κ3) is 2.45. The molecular weight excluding hydrogens is 225 g/mol. The van der Waals surface area contributed by atoms with Crippen molar-refractivity contribution < 1.29 is 24.6 Å². The summed E-state index contributed by atoms with van der Waals surface area (Å²) in [5.74, 6) is 0. The minimum atomic E-state index is 0.250. The van der Waals surface area contributed by atoms with E-state index in [0.717, 1.165) is 5.69 Å². The molecule has 62 valence electrons. The molecule has 0 aromatic heterocycles. The van der Waals surface area contributed by atoms with Crippen LogP contribution in [0, 0.1) is 0 Å². The average molecular weight is 238 g/mol. The molecule has 0 bridgehead atoms. The van der Waals surface area contributed by atoms with Gasteiger partial charge in [0.1, 0.15) is 0 Å². The van der Waals surface area contributed by atoms with Gasteiger partial charge in [-0.15, -0.1) is 0 Å². The monoisotopic (exact) mass is 237 g/mol. The molecule has 1 nitrogen and oxygen atoms in total. The van der Waals surface area contributed by atoms with Crippen LogP contribution >= 0.6 is 0 Å². The van der Waals surface area contributed by atoms with Gasteiger partial charge in [-0.2, -0.15) is 0 Å². The summed E-state index contributed by atoms with van der Waals surface area (Å²) in [5, 5.41) is 0. The minimum absolute atomic E-state index is 0.250. The molecule has 0 spiro atoms. The van der Waals surface area contributed by atoms with E-state index in [0.29, 0.717) is 0 Å². The normalized spacial score (nSPS) is 11.2. The Labute approximate surface area is 89.0 Å². The summed E-state index contributed by atoms with van der Waals surface area (Å²) in [4.78, 5) is 0. The molecule has 0 aliphatic rings. The van der Waals surface area contributed by atoms with E-state index < -0.39 is 0 Å². The first kappa shape index (κ1) is 9.99. The average Bonchev–Trinajstić information content (AvgIpc) is 2.03. The van der Waals surface area contributed by atoms with E-state index in [1.54, 1.807) is 0 Å². The third-order valence-electron chi connectivity index (χ3n) is 1.86. The van der Waals surface area contributed by atoms with Crippen LogP contribution in [0.15, 0.2) is 27.1 Å². The van der Waals surface area contributed by atoms with Gasteiger partial charge in [-0.05, 0) is 0 Å². The molecule has 1 aromatic carbocycles. The predicted octanol–water partition coefficient (Wildman–Crippen LogP) is 3.35. The van der Waals surface area contributed by atoms with E-state index in [1.807, 2.05) is 0 Å². The molecule has 0 radical (unpaired) electrons. The quantitative estimate of drug-likeness (QED) is 0.711. The Balaban J connectivity index is 3.00. The van der Waals surface area contributed by atoms with Crippen molar-refractivity contribution in [1.29, 1.82) is 0 Å². The van der Waals surface area contributed by atoms with Gasteiger partial charge in [0.15, 0.2) is 0 Å². The molecule has 0 atom stereocenters. The van der Waals surface area contributed by atoms with Crippen molar-refractivity contribution in [3.05, 3.63) is 29.8 Å². The number of rotatable bonds is 1. The fourth-order valence-corrected chi connectivity index (χ4v) is 1.40. The second-order valence-electron chi connectivity index (χ2n) is 3.91. The molecule has 0 fully saturated rings. The summed E-state index contributed by atoms with van der Waals surface area (Å²) in [7, 11) is 0. The second kappa shape index (κ2) is 3.74. The summed E-state index contributed by atoms with van der Waals surface area (Å²) < 4.78 is 4.18. The van der Waals surface area contributed by atoms with Crippen LogP contribution in [0.2, 0.25) is 0 Å². The standard InChI is InChI=1S/C10H13N.Zr/c1-10(2,3)8-4-6-9(11)7-5-8;/h4-7H,1-3H3;. The van der Waals surface area contributed by atoms with E-state index >= 15 is 0 Å².